The molecular formula is C23H28ClN3O5S. The smallest absolute Gasteiger partial charge is 0.289 e. The molecule has 0 unspecified atom stereocenters. The van der Waals surface area contributed by atoms with Crippen LogP contribution < -0.4 is 5.14 Å². The van der Waals surface area contributed by atoms with Gasteiger partial charge in [0.1, 0.15) is 0 Å². The van der Waals surface area contributed by atoms with Crippen molar-refractivity contribution in [1.29, 1.82) is 0 Å². The summed E-state index contributed by atoms with van der Waals surface area (Å²) in [4.78, 5) is 27.9. The van der Waals surface area contributed by atoms with Crippen molar-refractivity contribution in [2.75, 3.05) is 20.1 Å². The van der Waals surface area contributed by atoms with Gasteiger partial charge in [-0.25, -0.2) is 13.6 Å². The van der Waals surface area contributed by atoms with Crippen molar-refractivity contribution in [2.24, 2.45) is 5.14 Å². The van der Waals surface area contributed by atoms with Crippen molar-refractivity contribution in [2.45, 2.75) is 26.3 Å². The summed E-state index contributed by atoms with van der Waals surface area (Å²) in [6.07, 6.45) is 6.58. The third kappa shape index (κ3) is 7.05. The standard InChI is InChI=1S/C23H28ClN3O5S/c1-4-8-18(33(25,31)32)9-6-5-7-12-27-15-19(21(28)23(27)30)22(29)26(3)14-17-10-11-20(24)16(2)13-17/h4,6,8-11,13,28H,1,5,7,12,14-15H2,2-3H3,(H2,25,31,32)/b9-6-,18-8+. The first-order valence-corrected chi connectivity index (χ1v) is 12.1. The Morgan fingerprint density at radius 3 is 2.70 bits per heavy atom. The van der Waals surface area contributed by atoms with Gasteiger partial charge < -0.3 is 14.9 Å². The van der Waals surface area contributed by atoms with E-state index < -0.39 is 27.6 Å². The van der Waals surface area contributed by atoms with E-state index in [4.69, 9.17) is 16.7 Å². The van der Waals surface area contributed by atoms with Crippen LogP contribution in [0.3, 0.4) is 0 Å². The number of likely N-dealkylation sites (N-methyl/N-ethyl adjacent to an activating group) is 1. The second kappa shape index (κ2) is 11.3. The number of benzene rings is 1. The highest BCUT2D eigenvalue weighted by atomic mass is 35.5. The number of unbranched alkanes of at least 4 members (excludes halogenated alkanes) is 1. The number of sulfonamides is 1. The van der Waals surface area contributed by atoms with Gasteiger partial charge in [0, 0.05) is 25.2 Å². The molecule has 1 aliphatic heterocycles. The summed E-state index contributed by atoms with van der Waals surface area (Å²) in [5, 5.41) is 16.0. The number of halogens is 1. The minimum Gasteiger partial charge on any atom is -0.503 e. The third-order valence-corrected chi connectivity index (χ3v) is 6.42. The van der Waals surface area contributed by atoms with Crippen LogP contribution in [0.2, 0.25) is 5.02 Å². The lowest BCUT2D eigenvalue weighted by atomic mass is 10.1. The Labute approximate surface area is 199 Å². The Hall–Kier alpha value is -2.88. The predicted molar refractivity (Wildman–Crippen MR) is 129 cm³/mol. The van der Waals surface area contributed by atoms with E-state index in [1.165, 1.54) is 28.0 Å². The number of aliphatic hydroxyl groups excluding tert-OH is 1. The Kier molecular flexibility index (Phi) is 9.04. The van der Waals surface area contributed by atoms with Crippen LogP contribution in [0.4, 0.5) is 0 Å². The van der Waals surface area contributed by atoms with E-state index in [-0.39, 0.29) is 17.0 Å². The molecule has 33 heavy (non-hydrogen) atoms. The van der Waals surface area contributed by atoms with Gasteiger partial charge in [-0.15, -0.1) is 0 Å². The monoisotopic (exact) mass is 493 g/mol. The number of rotatable bonds is 10. The zero-order valence-corrected chi connectivity index (χ0v) is 20.2. The van der Waals surface area contributed by atoms with Crippen LogP contribution in [-0.4, -0.2) is 55.3 Å². The van der Waals surface area contributed by atoms with Crippen molar-refractivity contribution in [3.63, 3.8) is 0 Å². The van der Waals surface area contributed by atoms with Gasteiger partial charge in [-0.1, -0.05) is 42.5 Å². The fourth-order valence-corrected chi connectivity index (χ4v) is 4.00. The molecule has 0 spiro atoms. The number of hydrogen-bond donors (Lipinski definition) is 2. The van der Waals surface area contributed by atoms with Gasteiger partial charge in [0.25, 0.3) is 11.8 Å². The fraction of sp³-hybridized carbons (Fsp3) is 0.304. The largest absolute Gasteiger partial charge is 0.503 e. The summed E-state index contributed by atoms with van der Waals surface area (Å²) in [5.74, 6) is -1.57. The molecule has 1 heterocycles. The number of aliphatic hydroxyl groups is 1. The van der Waals surface area contributed by atoms with Crippen LogP contribution >= 0.6 is 11.6 Å². The molecule has 1 aromatic rings. The normalized spacial score (nSPS) is 15.0. The molecule has 0 bridgehead atoms. The first-order chi connectivity index (χ1) is 15.5. The first-order valence-electron chi connectivity index (χ1n) is 10.2. The van der Waals surface area contributed by atoms with E-state index in [0.29, 0.717) is 31.0 Å². The van der Waals surface area contributed by atoms with Gasteiger partial charge in [-0.05, 0) is 49.1 Å². The minimum absolute atomic E-state index is 0.00992. The number of nitrogens with two attached hydrogens (primary N) is 1. The van der Waals surface area contributed by atoms with E-state index in [1.54, 1.807) is 19.2 Å². The van der Waals surface area contributed by atoms with Crippen LogP contribution in [0.5, 0.6) is 0 Å². The molecule has 0 saturated carbocycles. The van der Waals surface area contributed by atoms with Crippen molar-refractivity contribution < 1.29 is 23.1 Å². The number of carbonyl (C=O) groups excluding carboxylic acids is 2. The highest BCUT2D eigenvalue weighted by Crippen LogP contribution is 2.22. The Balaban J connectivity index is 1.93. The average molecular weight is 494 g/mol. The summed E-state index contributed by atoms with van der Waals surface area (Å²) < 4.78 is 22.9. The van der Waals surface area contributed by atoms with Crippen molar-refractivity contribution in [1.82, 2.24) is 9.80 Å². The van der Waals surface area contributed by atoms with E-state index in [1.807, 2.05) is 19.1 Å². The molecular weight excluding hydrogens is 466 g/mol. The lowest BCUT2D eigenvalue weighted by Crippen LogP contribution is -2.31. The summed E-state index contributed by atoms with van der Waals surface area (Å²) in [5.41, 5.74) is 1.82. The first kappa shape index (κ1) is 26.4. The topological polar surface area (TPSA) is 121 Å². The van der Waals surface area contributed by atoms with Crippen LogP contribution in [0.1, 0.15) is 24.0 Å². The number of hydrogen-bond acceptors (Lipinski definition) is 5. The number of carbonyl (C=O) groups is 2. The quantitative estimate of drug-likeness (QED) is 0.383. The molecule has 0 aromatic heterocycles. The fourth-order valence-electron chi connectivity index (χ4n) is 3.31. The maximum absolute atomic E-state index is 12.8. The van der Waals surface area contributed by atoms with Crippen LogP contribution in [-0.2, 0) is 26.2 Å². The maximum Gasteiger partial charge on any atom is 0.289 e. The Morgan fingerprint density at radius 2 is 2.09 bits per heavy atom. The lowest BCUT2D eigenvalue weighted by Gasteiger charge is -2.19. The molecule has 0 radical (unpaired) electrons. The molecule has 1 aliphatic rings. The average Bonchev–Trinajstić information content (AvgIpc) is 3.02. The zero-order valence-electron chi connectivity index (χ0n) is 18.6. The maximum atomic E-state index is 12.8. The van der Waals surface area contributed by atoms with Crippen molar-refractivity contribution >= 4 is 33.4 Å². The third-order valence-electron chi connectivity index (χ3n) is 5.06. The van der Waals surface area contributed by atoms with Crippen LogP contribution in [0, 0.1) is 6.92 Å². The van der Waals surface area contributed by atoms with Crippen molar-refractivity contribution in [3.8, 4) is 0 Å². The molecule has 0 saturated heterocycles. The molecule has 0 fully saturated rings. The molecule has 3 N–H and O–H groups in total. The van der Waals surface area contributed by atoms with Crippen LogP contribution in [0.15, 0.2) is 65.3 Å². The van der Waals surface area contributed by atoms with Gasteiger partial charge in [0.05, 0.1) is 17.0 Å². The number of allylic oxidation sites excluding steroid dienone is 4. The van der Waals surface area contributed by atoms with E-state index >= 15 is 0 Å². The van der Waals surface area contributed by atoms with E-state index in [0.717, 1.165) is 11.1 Å². The summed E-state index contributed by atoms with van der Waals surface area (Å²) in [6, 6.07) is 5.46. The molecule has 2 amide bonds. The highest BCUT2D eigenvalue weighted by molar-refractivity contribution is 7.93. The molecule has 2 rings (SSSR count). The number of nitrogens with zero attached hydrogens (tertiary/aromatic N) is 2. The number of amides is 2. The minimum atomic E-state index is -3.85. The highest BCUT2D eigenvalue weighted by Gasteiger charge is 2.34. The molecule has 178 valence electrons. The Morgan fingerprint density at radius 1 is 1.39 bits per heavy atom. The molecule has 10 heteroatoms. The molecule has 1 aromatic carbocycles. The van der Waals surface area contributed by atoms with E-state index in [2.05, 4.69) is 6.58 Å². The van der Waals surface area contributed by atoms with Gasteiger partial charge >= 0.3 is 0 Å². The van der Waals surface area contributed by atoms with Gasteiger partial charge in [0.2, 0.25) is 10.0 Å². The second-order valence-corrected chi connectivity index (χ2v) is 9.66. The number of primary sulfonamides is 1. The second-order valence-electron chi connectivity index (χ2n) is 7.69. The van der Waals surface area contributed by atoms with E-state index in [9.17, 15) is 23.1 Å². The summed E-state index contributed by atoms with van der Waals surface area (Å²) in [7, 11) is -2.25. The van der Waals surface area contributed by atoms with Gasteiger partial charge in [-0.2, -0.15) is 0 Å². The Bertz CT molecular complexity index is 1140. The van der Waals surface area contributed by atoms with Gasteiger partial charge in [0.15, 0.2) is 5.76 Å². The summed E-state index contributed by atoms with van der Waals surface area (Å²) in [6.45, 7) is 5.93. The zero-order chi connectivity index (χ0) is 24.8. The van der Waals surface area contributed by atoms with Gasteiger partial charge in [-0.3, -0.25) is 9.59 Å². The van der Waals surface area contributed by atoms with Crippen molar-refractivity contribution in [3.05, 3.63) is 81.5 Å². The molecule has 8 nitrogen and oxygen atoms in total. The SMILES string of the molecule is C=C/C=C(\C=C/CCCN1CC(C(=O)N(C)Cc2ccc(Cl)c(C)c2)=C(O)C1=O)S(N)(=O)=O. The summed E-state index contributed by atoms with van der Waals surface area (Å²) >= 11 is 6.04. The lowest BCUT2D eigenvalue weighted by molar-refractivity contribution is -0.128. The molecule has 0 atom stereocenters. The number of aryl methyl sites for hydroxylation is 1. The van der Waals surface area contributed by atoms with Crippen LogP contribution in [0.25, 0.3) is 0 Å². The predicted octanol–water partition coefficient (Wildman–Crippen LogP) is 2.96. The molecule has 0 aliphatic carbocycles.